The second-order valence-corrected chi connectivity index (χ2v) is 7.32. The van der Waals surface area contributed by atoms with Crippen molar-refractivity contribution in [2.24, 2.45) is 5.92 Å². The van der Waals surface area contributed by atoms with Crippen LogP contribution in [-0.4, -0.2) is 41.0 Å². The number of hydrogen-bond donors (Lipinski definition) is 2. The van der Waals surface area contributed by atoms with E-state index in [1.54, 1.807) is 11.9 Å². The van der Waals surface area contributed by atoms with Crippen LogP contribution in [0.3, 0.4) is 0 Å². The Bertz CT molecular complexity index is 602. The SMILES string of the molecule is CN(CC1(O)CCCC1)C(=O)Cc1ccc(NC(=O)C2CC2)cc1. The minimum Gasteiger partial charge on any atom is -0.388 e. The van der Waals surface area contributed by atoms with E-state index in [4.69, 9.17) is 0 Å². The Hall–Kier alpha value is -1.88. The Labute approximate surface area is 143 Å². The zero-order chi connectivity index (χ0) is 17.2. The van der Waals surface area contributed by atoms with Crippen molar-refractivity contribution in [2.45, 2.75) is 50.5 Å². The lowest BCUT2D eigenvalue weighted by molar-refractivity contribution is -0.132. The number of amides is 2. The molecule has 5 nitrogen and oxygen atoms in total. The molecule has 0 atom stereocenters. The molecule has 0 radical (unpaired) electrons. The molecule has 0 aliphatic heterocycles. The third kappa shape index (κ3) is 4.35. The maximum absolute atomic E-state index is 12.3. The number of carbonyl (C=O) groups excluding carboxylic acids is 2. The molecule has 2 aliphatic rings. The molecule has 2 N–H and O–H groups in total. The average Bonchev–Trinajstić information content (AvgIpc) is 3.32. The van der Waals surface area contributed by atoms with Gasteiger partial charge in [0.25, 0.3) is 0 Å². The van der Waals surface area contributed by atoms with Crippen molar-refractivity contribution >= 4 is 17.5 Å². The van der Waals surface area contributed by atoms with E-state index < -0.39 is 5.60 Å². The van der Waals surface area contributed by atoms with Crippen LogP contribution in [0.5, 0.6) is 0 Å². The van der Waals surface area contributed by atoms with Crippen molar-refractivity contribution in [3.8, 4) is 0 Å². The fourth-order valence-corrected chi connectivity index (χ4v) is 3.33. The first-order valence-electron chi connectivity index (χ1n) is 8.81. The van der Waals surface area contributed by atoms with E-state index in [2.05, 4.69) is 5.32 Å². The number of benzene rings is 1. The summed E-state index contributed by atoms with van der Waals surface area (Å²) in [6.07, 6.45) is 5.90. The van der Waals surface area contributed by atoms with Gasteiger partial charge >= 0.3 is 0 Å². The maximum atomic E-state index is 12.3. The van der Waals surface area contributed by atoms with Crippen LogP contribution in [-0.2, 0) is 16.0 Å². The molecule has 0 bridgehead atoms. The molecule has 130 valence electrons. The van der Waals surface area contributed by atoms with Gasteiger partial charge < -0.3 is 15.3 Å². The van der Waals surface area contributed by atoms with E-state index in [1.165, 1.54) is 0 Å². The number of carbonyl (C=O) groups is 2. The molecule has 2 amide bonds. The molecule has 0 unspecified atom stereocenters. The van der Waals surface area contributed by atoms with E-state index >= 15 is 0 Å². The number of likely N-dealkylation sites (N-methyl/N-ethyl adjacent to an activating group) is 1. The average molecular weight is 330 g/mol. The van der Waals surface area contributed by atoms with Crippen LogP contribution in [0.4, 0.5) is 5.69 Å². The van der Waals surface area contributed by atoms with Gasteiger partial charge in [-0.1, -0.05) is 25.0 Å². The number of anilines is 1. The second-order valence-electron chi connectivity index (χ2n) is 7.32. The molecule has 0 spiro atoms. The van der Waals surface area contributed by atoms with Crippen molar-refractivity contribution in [1.82, 2.24) is 4.90 Å². The van der Waals surface area contributed by atoms with Gasteiger partial charge in [-0.05, 0) is 43.4 Å². The van der Waals surface area contributed by atoms with Crippen LogP contribution < -0.4 is 5.32 Å². The first kappa shape index (κ1) is 17.0. The third-order valence-electron chi connectivity index (χ3n) is 5.02. The summed E-state index contributed by atoms with van der Waals surface area (Å²) >= 11 is 0. The highest BCUT2D eigenvalue weighted by Crippen LogP contribution is 2.31. The summed E-state index contributed by atoms with van der Waals surface area (Å²) in [5.74, 6) is 0.273. The lowest BCUT2D eigenvalue weighted by Gasteiger charge is -2.28. The quantitative estimate of drug-likeness (QED) is 0.841. The van der Waals surface area contributed by atoms with Crippen LogP contribution in [0.1, 0.15) is 44.1 Å². The molecular weight excluding hydrogens is 304 g/mol. The maximum Gasteiger partial charge on any atom is 0.227 e. The monoisotopic (exact) mass is 330 g/mol. The molecular formula is C19H26N2O3. The first-order chi connectivity index (χ1) is 11.5. The minimum atomic E-state index is -0.707. The number of hydrogen-bond acceptors (Lipinski definition) is 3. The Morgan fingerprint density at radius 3 is 2.42 bits per heavy atom. The molecule has 0 aromatic heterocycles. The van der Waals surface area contributed by atoms with Gasteiger partial charge in [-0.15, -0.1) is 0 Å². The number of rotatable bonds is 6. The fourth-order valence-electron chi connectivity index (χ4n) is 3.33. The van der Waals surface area contributed by atoms with Gasteiger partial charge in [0.15, 0.2) is 0 Å². The van der Waals surface area contributed by atoms with E-state index in [-0.39, 0.29) is 17.7 Å². The summed E-state index contributed by atoms with van der Waals surface area (Å²) in [6, 6.07) is 7.43. The highest BCUT2D eigenvalue weighted by atomic mass is 16.3. The molecule has 5 heteroatoms. The molecule has 0 heterocycles. The molecule has 1 aromatic rings. The largest absolute Gasteiger partial charge is 0.388 e. The smallest absolute Gasteiger partial charge is 0.227 e. The second kappa shape index (κ2) is 6.93. The van der Waals surface area contributed by atoms with Crippen LogP contribution in [0.25, 0.3) is 0 Å². The predicted molar refractivity (Wildman–Crippen MR) is 92.6 cm³/mol. The Morgan fingerprint density at radius 1 is 1.21 bits per heavy atom. The van der Waals surface area contributed by atoms with Crippen LogP contribution >= 0.6 is 0 Å². The Morgan fingerprint density at radius 2 is 1.83 bits per heavy atom. The van der Waals surface area contributed by atoms with Crippen LogP contribution in [0.15, 0.2) is 24.3 Å². The number of nitrogens with one attached hydrogen (secondary N) is 1. The van der Waals surface area contributed by atoms with Crippen LogP contribution in [0, 0.1) is 5.92 Å². The molecule has 0 saturated heterocycles. The fraction of sp³-hybridized carbons (Fsp3) is 0.579. The molecule has 1 aromatic carbocycles. The number of aliphatic hydroxyl groups is 1. The minimum absolute atomic E-state index is 0.00471. The highest BCUT2D eigenvalue weighted by Gasteiger charge is 2.33. The summed E-state index contributed by atoms with van der Waals surface area (Å²) in [4.78, 5) is 25.7. The van der Waals surface area contributed by atoms with Gasteiger partial charge in [-0.3, -0.25) is 9.59 Å². The molecule has 2 aliphatic carbocycles. The Balaban J connectivity index is 1.51. The van der Waals surface area contributed by atoms with E-state index in [1.807, 2.05) is 24.3 Å². The van der Waals surface area contributed by atoms with Gasteiger partial charge in [0.05, 0.1) is 12.0 Å². The van der Waals surface area contributed by atoms with Crippen LogP contribution in [0.2, 0.25) is 0 Å². The summed E-state index contributed by atoms with van der Waals surface area (Å²) in [6.45, 7) is 0.404. The molecule has 2 fully saturated rings. The van der Waals surface area contributed by atoms with Crippen molar-refractivity contribution in [2.75, 3.05) is 18.9 Å². The Kier molecular flexibility index (Phi) is 4.90. The van der Waals surface area contributed by atoms with Crippen molar-refractivity contribution < 1.29 is 14.7 Å². The van der Waals surface area contributed by atoms with Crippen molar-refractivity contribution in [1.29, 1.82) is 0 Å². The summed E-state index contributed by atoms with van der Waals surface area (Å²) < 4.78 is 0. The number of nitrogens with zero attached hydrogens (tertiary/aromatic N) is 1. The summed E-state index contributed by atoms with van der Waals surface area (Å²) in [5, 5.41) is 13.3. The lowest BCUT2D eigenvalue weighted by atomic mass is 10.0. The summed E-state index contributed by atoms with van der Waals surface area (Å²) in [5.41, 5.74) is 0.979. The van der Waals surface area contributed by atoms with Gasteiger partial charge in [0, 0.05) is 25.2 Å². The van der Waals surface area contributed by atoms with Gasteiger partial charge in [0.2, 0.25) is 11.8 Å². The molecule has 24 heavy (non-hydrogen) atoms. The predicted octanol–water partition coefficient (Wildman–Crippen LogP) is 2.34. The normalized spacial score (nSPS) is 19.1. The van der Waals surface area contributed by atoms with Gasteiger partial charge in [-0.25, -0.2) is 0 Å². The van der Waals surface area contributed by atoms with Gasteiger partial charge in [0.1, 0.15) is 0 Å². The van der Waals surface area contributed by atoms with E-state index in [0.717, 1.165) is 49.8 Å². The topological polar surface area (TPSA) is 69.6 Å². The summed E-state index contributed by atoms with van der Waals surface area (Å²) in [7, 11) is 1.75. The highest BCUT2D eigenvalue weighted by molar-refractivity contribution is 5.94. The van der Waals surface area contributed by atoms with Gasteiger partial charge in [-0.2, -0.15) is 0 Å². The van der Waals surface area contributed by atoms with E-state index in [0.29, 0.717) is 13.0 Å². The lowest BCUT2D eigenvalue weighted by Crippen LogP contribution is -2.42. The zero-order valence-electron chi connectivity index (χ0n) is 14.3. The van der Waals surface area contributed by atoms with Crippen molar-refractivity contribution in [3.63, 3.8) is 0 Å². The standard InChI is InChI=1S/C19H26N2O3/c1-21(13-19(24)10-2-3-11-19)17(22)12-14-4-8-16(9-5-14)20-18(23)15-6-7-15/h4-5,8-9,15,24H,2-3,6-7,10-13H2,1H3,(H,20,23). The molecule has 3 rings (SSSR count). The van der Waals surface area contributed by atoms with E-state index in [9.17, 15) is 14.7 Å². The zero-order valence-corrected chi connectivity index (χ0v) is 14.3. The first-order valence-corrected chi connectivity index (χ1v) is 8.81. The van der Waals surface area contributed by atoms with Crippen molar-refractivity contribution in [3.05, 3.63) is 29.8 Å². The third-order valence-corrected chi connectivity index (χ3v) is 5.02. The molecule has 2 saturated carbocycles.